The molecule has 4 heterocycles. The third-order valence-corrected chi connectivity index (χ3v) is 21.0. The summed E-state index contributed by atoms with van der Waals surface area (Å²) >= 11 is 6.19. The van der Waals surface area contributed by atoms with Crippen LogP contribution >= 0.6 is 11.6 Å². The molecule has 0 bridgehead atoms. The molecular formula is C70H118ClF3N12O2. The molecule has 1 amide bonds. The number of halogens is 4. The maximum absolute atomic E-state index is 14.8. The minimum atomic E-state index is -4.52. The molecule has 11 atom stereocenters. The highest BCUT2D eigenvalue weighted by molar-refractivity contribution is 6.31. The van der Waals surface area contributed by atoms with Crippen LogP contribution in [0.2, 0.25) is 5.02 Å². The van der Waals surface area contributed by atoms with E-state index in [1.165, 1.54) is 74.9 Å². The number of aliphatic hydroxyl groups excluding tert-OH is 1. The number of aliphatic hydroxyl groups is 1. The van der Waals surface area contributed by atoms with Crippen molar-refractivity contribution in [1.82, 2.24) is 56.4 Å². The van der Waals surface area contributed by atoms with Crippen LogP contribution in [-0.4, -0.2) is 174 Å². The molecule has 88 heavy (non-hydrogen) atoms. The number of nitrogens with one attached hydrogen (secondary N) is 6. The number of benzene rings is 1. The predicted molar refractivity (Wildman–Crippen MR) is 358 cm³/mol. The number of nitrogens with zero attached hydrogens (tertiary/aromatic N) is 6. The average molecular weight is 1250 g/mol. The van der Waals surface area contributed by atoms with E-state index in [0.717, 1.165) is 94.9 Å². The number of aryl methyl sites for hydroxylation is 1. The molecule has 0 radical (unpaired) electrons. The number of allylic oxidation sites excluding steroid dienone is 4. The van der Waals surface area contributed by atoms with Crippen molar-refractivity contribution >= 4 is 23.7 Å². The van der Waals surface area contributed by atoms with E-state index in [0.29, 0.717) is 62.7 Å². The van der Waals surface area contributed by atoms with Crippen LogP contribution < -0.4 is 31.9 Å². The Hall–Kier alpha value is -3.68. The molecule has 0 aromatic heterocycles. The number of aliphatic imine (C=N–C) groups is 1. The summed E-state index contributed by atoms with van der Waals surface area (Å²) in [5, 5.41) is 34.8. The van der Waals surface area contributed by atoms with E-state index in [1.807, 2.05) is 31.6 Å². The fraction of sp³-hybridized carbons (Fsp3) is 0.771. The highest BCUT2D eigenvalue weighted by atomic mass is 35.5. The molecule has 14 nitrogen and oxygen atoms in total. The van der Waals surface area contributed by atoms with Crippen LogP contribution in [0.5, 0.6) is 0 Å². The van der Waals surface area contributed by atoms with Crippen LogP contribution in [-0.2, 0) is 17.4 Å². The number of alkyl halides is 3. The number of rotatable bonds is 10. The van der Waals surface area contributed by atoms with Gasteiger partial charge in [0, 0.05) is 168 Å². The van der Waals surface area contributed by atoms with Gasteiger partial charge in [-0.3, -0.25) is 14.7 Å². The number of amides is 1. The smallest absolute Gasteiger partial charge is 0.392 e. The van der Waals surface area contributed by atoms with Crippen molar-refractivity contribution in [2.24, 2.45) is 28.7 Å². The topological polar surface area (TPSA) is 138 Å². The summed E-state index contributed by atoms with van der Waals surface area (Å²) < 4.78 is 41.0. The Bertz CT molecular complexity index is 2450. The molecule has 5 unspecified atom stereocenters. The number of hydrogen-bond acceptors (Lipinski definition) is 13. The molecule has 6 aliphatic rings. The van der Waals surface area contributed by atoms with Crippen molar-refractivity contribution in [2.75, 3.05) is 66.5 Å². The lowest BCUT2D eigenvalue weighted by Gasteiger charge is -2.60. The lowest BCUT2D eigenvalue weighted by Crippen LogP contribution is -2.76. The van der Waals surface area contributed by atoms with Crippen molar-refractivity contribution < 1.29 is 23.1 Å². The van der Waals surface area contributed by atoms with Gasteiger partial charge in [-0.05, 0) is 154 Å². The van der Waals surface area contributed by atoms with Crippen molar-refractivity contribution in [3.05, 3.63) is 82.3 Å². The van der Waals surface area contributed by atoms with Gasteiger partial charge in [0.05, 0.1) is 29.2 Å². The summed E-state index contributed by atoms with van der Waals surface area (Å²) in [7, 11) is 4.26. The van der Waals surface area contributed by atoms with Gasteiger partial charge in [0.15, 0.2) is 0 Å². The molecule has 2 saturated carbocycles. The third kappa shape index (κ3) is 20.4. The molecule has 4 aliphatic heterocycles. The first-order valence-corrected chi connectivity index (χ1v) is 34.9. The molecule has 498 valence electrons. The van der Waals surface area contributed by atoms with E-state index in [4.69, 9.17) is 16.6 Å². The van der Waals surface area contributed by atoms with E-state index < -0.39 is 17.8 Å². The van der Waals surface area contributed by atoms with Crippen LogP contribution in [0.25, 0.3) is 0 Å². The third-order valence-electron chi connectivity index (χ3n) is 20.7. The van der Waals surface area contributed by atoms with Gasteiger partial charge in [-0.25, -0.2) is 0 Å². The molecule has 5 fully saturated rings. The molecule has 7 rings (SSSR count). The Morgan fingerprint density at radius 3 is 2.23 bits per heavy atom. The fourth-order valence-electron chi connectivity index (χ4n) is 15.6. The van der Waals surface area contributed by atoms with Gasteiger partial charge in [0.25, 0.3) is 0 Å². The summed E-state index contributed by atoms with van der Waals surface area (Å²) in [5.74, 6) is 1.65. The van der Waals surface area contributed by atoms with Crippen molar-refractivity contribution in [2.45, 2.75) is 257 Å². The fourth-order valence-corrected chi connectivity index (χ4v) is 15.9. The van der Waals surface area contributed by atoms with Crippen LogP contribution in [0.15, 0.2) is 71.2 Å². The lowest BCUT2D eigenvalue weighted by molar-refractivity contribution is -0.162. The quantitative estimate of drug-likeness (QED) is 0.120. The zero-order valence-corrected chi connectivity index (χ0v) is 57.0. The lowest BCUT2D eigenvalue weighted by atomic mass is 9.74. The second-order valence-corrected chi connectivity index (χ2v) is 28.8. The maximum Gasteiger partial charge on any atom is 0.417 e. The average Bonchev–Trinajstić information content (AvgIpc) is 2.25. The molecule has 1 aromatic carbocycles. The predicted octanol–water partition coefficient (Wildman–Crippen LogP) is 11.6. The van der Waals surface area contributed by atoms with Crippen LogP contribution in [0.1, 0.15) is 190 Å². The second-order valence-electron chi connectivity index (χ2n) is 28.4. The number of hydrogen-bond donors (Lipinski definition) is 7. The Morgan fingerprint density at radius 2 is 1.56 bits per heavy atom. The van der Waals surface area contributed by atoms with E-state index in [1.54, 1.807) is 0 Å². The van der Waals surface area contributed by atoms with Gasteiger partial charge >= 0.3 is 6.18 Å². The van der Waals surface area contributed by atoms with Gasteiger partial charge in [-0.1, -0.05) is 90.3 Å². The van der Waals surface area contributed by atoms with E-state index in [-0.39, 0.29) is 70.9 Å². The normalized spacial score (nSPS) is 30.3. The first kappa shape index (κ1) is 71.8. The minimum Gasteiger partial charge on any atom is -0.392 e. The zero-order valence-electron chi connectivity index (χ0n) is 56.2. The number of carbonyl (C=O) groups is 1. The van der Waals surface area contributed by atoms with E-state index >= 15 is 0 Å². The van der Waals surface area contributed by atoms with Crippen molar-refractivity contribution in [3.63, 3.8) is 0 Å². The summed E-state index contributed by atoms with van der Waals surface area (Å²) in [5.41, 5.74) is 3.28. The summed E-state index contributed by atoms with van der Waals surface area (Å²) in [6.07, 6.45) is 26.5. The largest absolute Gasteiger partial charge is 0.417 e. The standard InChI is InChI=1S/C70H118ClF3N12O2/c1-48(2)40-63-51(6)78-44-65-66(68(88)84-36-19-14-20-37-84)54(9)86(65)67(49(3)4)52(7)81-69(30-17-18-31-69)47-76-34-33-75-32-29-58(27-25-57-26-28-61(62(71)42-57)70(72,73)74)77-35-39-82(11)45-60(41-56-22-15-13-16-23-56)83(12)46-59-24-21-38-85(59)53(8)50(5)80-64(43-79-63)55(10)87/h26,28-29,32,35,39,42,45-46,48-56,63-67,76-81,87H,13-25,27,30-31,33-34,36-38,40-41,43-44,47H2,1-12H3/t50?,51?,52?,53-,54?,55+,63-,64-,65?,66-,67-/m0/s1. The molecule has 1 spiro atoms. The van der Waals surface area contributed by atoms with E-state index in [2.05, 4.69) is 145 Å². The van der Waals surface area contributed by atoms with Crippen LogP contribution in [0.4, 0.5) is 13.2 Å². The highest BCUT2D eigenvalue weighted by Crippen LogP contribution is 2.41. The van der Waals surface area contributed by atoms with Gasteiger partial charge in [-0.2, -0.15) is 13.2 Å². The Balaban J connectivity index is 1.18. The van der Waals surface area contributed by atoms with E-state index in [9.17, 15) is 23.1 Å². The van der Waals surface area contributed by atoms with Gasteiger partial charge in [0.1, 0.15) is 0 Å². The molecule has 18 heteroatoms. The Kier molecular flexibility index (Phi) is 28.0. The van der Waals surface area contributed by atoms with Gasteiger partial charge < -0.3 is 56.6 Å². The number of carbonyl (C=O) groups excluding carboxylic acids is 1. The van der Waals surface area contributed by atoms with Gasteiger partial charge in [0.2, 0.25) is 5.91 Å². The molecular weight excluding hydrogens is 1130 g/mol. The van der Waals surface area contributed by atoms with Crippen molar-refractivity contribution in [3.8, 4) is 0 Å². The minimum absolute atomic E-state index is 0.0463. The molecule has 1 aromatic rings. The second kappa shape index (κ2) is 34.3. The number of fused-ring (bicyclic) bond motifs is 2. The summed E-state index contributed by atoms with van der Waals surface area (Å²) in [4.78, 5) is 31.5. The maximum atomic E-state index is 14.8. The van der Waals surface area contributed by atoms with Gasteiger partial charge in [-0.15, -0.1) is 0 Å². The molecule has 3 saturated heterocycles. The Morgan fingerprint density at radius 1 is 0.841 bits per heavy atom. The summed E-state index contributed by atoms with van der Waals surface area (Å²) in [6.45, 7) is 28.9. The highest BCUT2D eigenvalue weighted by Gasteiger charge is 2.55. The van der Waals surface area contributed by atoms with Crippen molar-refractivity contribution in [1.29, 1.82) is 0 Å². The molecule has 7 N–H and O–H groups in total. The SMILES string of the molecule is CC(C)C[C@@H]1NC[C@@H]([C@@H](C)O)NC(C)[C@H](C)N2CCCC2=CN(C)C(CC2CCCCC2)=CN(C)C=CNC(CCc2ccc(C(F)(F)F)c(Cl)c2)=CC=NCCNCC2(CCCC2)NC(C)[C@H](C(C)C)N2C(C)[C@H](C(=O)N3CCCCC3)C2CNC1C. The first-order chi connectivity index (χ1) is 41.9. The zero-order chi connectivity index (χ0) is 63.7. The van der Waals surface area contributed by atoms with Crippen LogP contribution in [0, 0.1) is 23.7 Å². The summed E-state index contributed by atoms with van der Waals surface area (Å²) in [6, 6.07) is 4.88. The number of likely N-dealkylation sites (tertiary alicyclic amines) is 1. The Labute approximate surface area is 535 Å². The van der Waals surface area contributed by atoms with Crippen LogP contribution in [0.3, 0.4) is 0 Å². The monoisotopic (exact) mass is 1250 g/mol. The first-order valence-electron chi connectivity index (χ1n) is 34.5. The molecule has 2 aliphatic carbocycles. The number of piperidine rings is 1.